The molecule has 0 fully saturated rings. The van der Waals surface area contributed by atoms with E-state index >= 15 is 0 Å². The van der Waals surface area contributed by atoms with Crippen molar-refractivity contribution in [2.75, 3.05) is 0 Å². The summed E-state index contributed by atoms with van der Waals surface area (Å²) in [5, 5.41) is 0. The fraction of sp³-hybridized carbons (Fsp3) is 0.500. The van der Waals surface area contributed by atoms with Gasteiger partial charge in [-0.2, -0.15) is 0 Å². The molecular formula is C14H21N3. The van der Waals surface area contributed by atoms with Gasteiger partial charge < -0.3 is 0 Å². The molecule has 1 aliphatic carbocycles. The van der Waals surface area contributed by atoms with E-state index in [2.05, 4.69) is 16.5 Å². The van der Waals surface area contributed by atoms with Crippen molar-refractivity contribution in [1.29, 1.82) is 0 Å². The standard InChI is InChI=1S/C14H21N3/c15-17-14(13-8-10-16-11-9-13)12-6-4-2-1-3-5-7-12/h6,8-11,14,17H,1-5,7,15H2/b12-6+. The average Bonchev–Trinajstić information content (AvgIpc) is 2.34. The number of nitrogens with two attached hydrogens (primary N) is 1. The van der Waals surface area contributed by atoms with E-state index in [9.17, 15) is 0 Å². The monoisotopic (exact) mass is 231 g/mol. The number of rotatable bonds is 3. The number of nitrogens with one attached hydrogen (secondary N) is 1. The third-order valence-corrected chi connectivity index (χ3v) is 3.40. The maximum atomic E-state index is 5.71. The van der Waals surface area contributed by atoms with Gasteiger partial charge in [0.15, 0.2) is 0 Å². The Labute approximate surface area is 103 Å². The van der Waals surface area contributed by atoms with Crippen molar-refractivity contribution in [1.82, 2.24) is 10.4 Å². The SMILES string of the molecule is NNC(/C1=C/CCCCCC1)c1ccncc1. The minimum absolute atomic E-state index is 0.149. The van der Waals surface area contributed by atoms with Crippen LogP contribution in [0.15, 0.2) is 36.2 Å². The molecule has 0 spiro atoms. The lowest BCUT2D eigenvalue weighted by Gasteiger charge is -2.21. The average molecular weight is 231 g/mol. The summed E-state index contributed by atoms with van der Waals surface area (Å²) in [6.45, 7) is 0. The van der Waals surface area contributed by atoms with Crippen LogP contribution in [-0.4, -0.2) is 4.98 Å². The van der Waals surface area contributed by atoms with Crippen LogP contribution in [0.2, 0.25) is 0 Å². The van der Waals surface area contributed by atoms with Crippen LogP contribution < -0.4 is 11.3 Å². The van der Waals surface area contributed by atoms with Gasteiger partial charge in [-0.1, -0.05) is 24.5 Å². The van der Waals surface area contributed by atoms with Crippen molar-refractivity contribution in [3.05, 3.63) is 41.7 Å². The van der Waals surface area contributed by atoms with E-state index in [-0.39, 0.29) is 6.04 Å². The number of hydrogen-bond acceptors (Lipinski definition) is 3. The summed E-state index contributed by atoms with van der Waals surface area (Å²) in [5.41, 5.74) is 5.57. The number of pyridine rings is 1. The molecule has 1 heterocycles. The van der Waals surface area contributed by atoms with Crippen molar-refractivity contribution in [2.24, 2.45) is 5.84 Å². The summed E-state index contributed by atoms with van der Waals surface area (Å²) in [5.74, 6) is 5.71. The van der Waals surface area contributed by atoms with Crippen LogP contribution in [0.3, 0.4) is 0 Å². The Bertz CT molecular complexity index is 359. The van der Waals surface area contributed by atoms with Crippen LogP contribution in [0.5, 0.6) is 0 Å². The predicted molar refractivity (Wildman–Crippen MR) is 70.1 cm³/mol. The number of hydrogen-bond donors (Lipinski definition) is 2. The molecule has 17 heavy (non-hydrogen) atoms. The third-order valence-electron chi connectivity index (χ3n) is 3.40. The molecule has 1 unspecified atom stereocenters. The van der Waals surface area contributed by atoms with Gasteiger partial charge in [-0.15, -0.1) is 0 Å². The normalized spacial score (nSPS) is 22.1. The van der Waals surface area contributed by atoms with Gasteiger partial charge in [0.2, 0.25) is 0 Å². The maximum Gasteiger partial charge on any atom is 0.0671 e. The van der Waals surface area contributed by atoms with E-state index in [1.54, 1.807) is 0 Å². The molecule has 3 nitrogen and oxygen atoms in total. The second-order valence-electron chi connectivity index (χ2n) is 4.61. The summed E-state index contributed by atoms with van der Waals surface area (Å²) in [6.07, 6.45) is 13.6. The zero-order valence-corrected chi connectivity index (χ0v) is 10.2. The van der Waals surface area contributed by atoms with E-state index in [4.69, 9.17) is 5.84 Å². The van der Waals surface area contributed by atoms with Gasteiger partial charge >= 0.3 is 0 Å². The Balaban J connectivity index is 2.16. The van der Waals surface area contributed by atoms with Gasteiger partial charge in [0.05, 0.1) is 6.04 Å². The first-order valence-electron chi connectivity index (χ1n) is 6.47. The van der Waals surface area contributed by atoms with Gasteiger partial charge in [-0.25, -0.2) is 5.43 Å². The molecule has 0 saturated heterocycles. The third kappa shape index (κ3) is 3.38. The van der Waals surface area contributed by atoms with Gasteiger partial charge in [0.1, 0.15) is 0 Å². The Morgan fingerprint density at radius 2 is 1.88 bits per heavy atom. The Kier molecular flexibility index (Phi) is 4.71. The largest absolute Gasteiger partial charge is 0.271 e. The summed E-state index contributed by atoms with van der Waals surface area (Å²) >= 11 is 0. The highest BCUT2D eigenvalue weighted by molar-refractivity contribution is 5.26. The fourth-order valence-corrected chi connectivity index (χ4v) is 2.45. The van der Waals surface area contributed by atoms with Crippen LogP contribution in [0.4, 0.5) is 0 Å². The summed E-state index contributed by atoms with van der Waals surface area (Å²) in [7, 11) is 0. The van der Waals surface area contributed by atoms with Crippen LogP contribution >= 0.6 is 0 Å². The second kappa shape index (κ2) is 6.52. The zero-order valence-electron chi connectivity index (χ0n) is 10.2. The number of nitrogens with zero attached hydrogens (tertiary/aromatic N) is 1. The van der Waals surface area contributed by atoms with Crippen molar-refractivity contribution in [2.45, 2.75) is 44.6 Å². The van der Waals surface area contributed by atoms with E-state index in [1.165, 1.54) is 43.2 Å². The Hall–Kier alpha value is -1.19. The summed E-state index contributed by atoms with van der Waals surface area (Å²) in [6, 6.07) is 4.21. The topological polar surface area (TPSA) is 50.9 Å². The lowest BCUT2D eigenvalue weighted by Crippen LogP contribution is -2.29. The summed E-state index contributed by atoms with van der Waals surface area (Å²) < 4.78 is 0. The van der Waals surface area contributed by atoms with Crippen molar-refractivity contribution in [3.8, 4) is 0 Å². The highest BCUT2D eigenvalue weighted by Crippen LogP contribution is 2.27. The molecule has 1 aromatic rings. The maximum absolute atomic E-state index is 5.71. The van der Waals surface area contributed by atoms with Crippen LogP contribution in [0.25, 0.3) is 0 Å². The minimum atomic E-state index is 0.149. The number of hydrazine groups is 1. The van der Waals surface area contributed by atoms with Crippen molar-refractivity contribution < 1.29 is 0 Å². The van der Waals surface area contributed by atoms with E-state index < -0.39 is 0 Å². The highest BCUT2D eigenvalue weighted by atomic mass is 15.2. The quantitative estimate of drug-likeness (QED) is 0.478. The molecule has 1 aromatic heterocycles. The molecule has 1 aliphatic rings. The molecule has 3 N–H and O–H groups in total. The Morgan fingerprint density at radius 3 is 2.65 bits per heavy atom. The molecule has 0 bridgehead atoms. The number of allylic oxidation sites excluding steroid dienone is 1. The molecular weight excluding hydrogens is 210 g/mol. The van der Waals surface area contributed by atoms with Gasteiger partial charge in [0.25, 0.3) is 0 Å². The van der Waals surface area contributed by atoms with Crippen LogP contribution in [0.1, 0.15) is 50.1 Å². The van der Waals surface area contributed by atoms with E-state index in [1.807, 2.05) is 24.5 Å². The molecule has 2 rings (SSSR count). The van der Waals surface area contributed by atoms with Crippen LogP contribution in [-0.2, 0) is 0 Å². The molecule has 92 valence electrons. The molecule has 1 atom stereocenters. The highest BCUT2D eigenvalue weighted by Gasteiger charge is 2.15. The molecule has 3 heteroatoms. The molecule has 0 aromatic carbocycles. The molecule has 0 saturated carbocycles. The van der Waals surface area contributed by atoms with Crippen molar-refractivity contribution >= 4 is 0 Å². The molecule has 0 radical (unpaired) electrons. The lowest BCUT2D eigenvalue weighted by molar-refractivity contribution is 0.555. The zero-order chi connectivity index (χ0) is 11.9. The first kappa shape index (κ1) is 12.3. The van der Waals surface area contributed by atoms with E-state index in [0.29, 0.717) is 0 Å². The predicted octanol–water partition coefficient (Wildman–Crippen LogP) is 2.87. The number of aromatic nitrogens is 1. The Morgan fingerprint density at radius 1 is 1.12 bits per heavy atom. The molecule has 0 amide bonds. The fourth-order valence-electron chi connectivity index (χ4n) is 2.45. The summed E-state index contributed by atoms with van der Waals surface area (Å²) in [4.78, 5) is 4.05. The first-order valence-corrected chi connectivity index (χ1v) is 6.47. The minimum Gasteiger partial charge on any atom is -0.271 e. The van der Waals surface area contributed by atoms with Gasteiger partial charge in [-0.3, -0.25) is 10.8 Å². The van der Waals surface area contributed by atoms with Crippen LogP contribution in [0, 0.1) is 0 Å². The van der Waals surface area contributed by atoms with Gasteiger partial charge in [-0.05, 0) is 43.4 Å². The van der Waals surface area contributed by atoms with Gasteiger partial charge in [0, 0.05) is 12.4 Å². The first-order chi connectivity index (χ1) is 8.42. The van der Waals surface area contributed by atoms with Crippen molar-refractivity contribution in [3.63, 3.8) is 0 Å². The lowest BCUT2D eigenvalue weighted by atomic mass is 9.92. The van der Waals surface area contributed by atoms with E-state index in [0.717, 1.165) is 6.42 Å². The molecule has 0 aliphatic heterocycles. The smallest absolute Gasteiger partial charge is 0.0671 e. The second-order valence-corrected chi connectivity index (χ2v) is 4.61.